The van der Waals surface area contributed by atoms with Gasteiger partial charge >= 0.3 is 0 Å². The van der Waals surface area contributed by atoms with E-state index in [1.54, 1.807) is 4.31 Å². The molecule has 0 N–H and O–H groups in total. The fourth-order valence-electron chi connectivity index (χ4n) is 6.86. The molecule has 8 heteroatoms. The number of nitrogens with zero attached hydrogens (tertiary/aromatic N) is 4. The van der Waals surface area contributed by atoms with E-state index in [0.29, 0.717) is 44.9 Å². The quantitative estimate of drug-likeness (QED) is 0.564. The second-order valence-corrected chi connectivity index (χ2v) is 13.3. The van der Waals surface area contributed by atoms with Crippen molar-refractivity contribution in [3.8, 4) is 0 Å². The largest absolute Gasteiger partial charge is 0.354 e. The maximum atomic E-state index is 13.6. The number of sulfonamides is 1. The van der Waals surface area contributed by atoms with Crippen LogP contribution in [0.2, 0.25) is 0 Å². The normalized spacial score (nSPS) is 26.1. The standard InChI is InChI=1S/C28H38N4O3S/c1-5-24-23(17-21-9-7-6-8-10-21)26(30-20(2)29-24)31-13-15-32(16-14-31)36(34,35)19-28-12-11-22(18-25(28)33)27(28,3)4/h6-10,22H,5,11-19H2,1-4H3. The summed E-state index contributed by atoms with van der Waals surface area (Å²) in [4.78, 5) is 24.7. The second kappa shape index (κ2) is 9.21. The fourth-order valence-corrected chi connectivity index (χ4v) is 9.06. The second-order valence-electron chi connectivity index (χ2n) is 11.3. The Kier molecular flexibility index (Phi) is 6.48. The monoisotopic (exact) mass is 510 g/mol. The van der Waals surface area contributed by atoms with E-state index in [9.17, 15) is 13.2 Å². The van der Waals surface area contributed by atoms with Crippen LogP contribution >= 0.6 is 0 Å². The van der Waals surface area contributed by atoms with Crippen LogP contribution in [0.25, 0.3) is 0 Å². The van der Waals surface area contributed by atoms with E-state index in [-0.39, 0.29) is 17.0 Å². The average Bonchev–Trinajstić information content (AvgIpc) is 3.19. The van der Waals surface area contributed by atoms with Crippen LogP contribution in [-0.2, 0) is 27.7 Å². The molecule has 2 bridgehead atoms. The van der Waals surface area contributed by atoms with Crippen LogP contribution in [-0.4, -0.2) is 60.4 Å². The van der Waals surface area contributed by atoms with Crippen molar-refractivity contribution in [1.29, 1.82) is 0 Å². The summed E-state index contributed by atoms with van der Waals surface area (Å²) >= 11 is 0. The molecule has 0 amide bonds. The molecule has 0 radical (unpaired) electrons. The smallest absolute Gasteiger partial charge is 0.215 e. The highest BCUT2D eigenvalue weighted by atomic mass is 32.2. The molecule has 2 aromatic rings. The number of anilines is 1. The molecule has 7 nitrogen and oxygen atoms in total. The summed E-state index contributed by atoms with van der Waals surface area (Å²) in [6, 6.07) is 10.3. The third-order valence-electron chi connectivity index (χ3n) is 9.24. The third kappa shape index (κ3) is 4.16. The number of aryl methyl sites for hydroxylation is 2. The van der Waals surface area contributed by atoms with Crippen LogP contribution in [0.3, 0.4) is 0 Å². The number of hydrogen-bond acceptors (Lipinski definition) is 6. The first-order valence-corrected chi connectivity index (χ1v) is 14.8. The van der Waals surface area contributed by atoms with Crippen molar-refractivity contribution in [3.63, 3.8) is 0 Å². The third-order valence-corrected chi connectivity index (χ3v) is 11.3. The van der Waals surface area contributed by atoms with Gasteiger partial charge in [0.2, 0.25) is 10.0 Å². The highest BCUT2D eigenvalue weighted by Crippen LogP contribution is 2.64. The first kappa shape index (κ1) is 25.3. The van der Waals surface area contributed by atoms with E-state index in [1.807, 2.05) is 25.1 Å². The molecular weight excluding hydrogens is 472 g/mol. The van der Waals surface area contributed by atoms with Crippen LogP contribution in [0.4, 0.5) is 5.82 Å². The van der Waals surface area contributed by atoms with Crippen LogP contribution in [0.5, 0.6) is 0 Å². The van der Waals surface area contributed by atoms with Gasteiger partial charge in [0.05, 0.1) is 5.75 Å². The minimum Gasteiger partial charge on any atom is -0.354 e. The summed E-state index contributed by atoms with van der Waals surface area (Å²) in [7, 11) is -3.55. The lowest BCUT2D eigenvalue weighted by Crippen LogP contribution is -2.53. The topological polar surface area (TPSA) is 83.5 Å². The summed E-state index contributed by atoms with van der Waals surface area (Å²) in [5.41, 5.74) is 2.41. The molecule has 1 saturated heterocycles. The number of carbonyl (C=O) groups is 1. The predicted octanol–water partition coefficient (Wildman–Crippen LogP) is 3.79. The fraction of sp³-hybridized carbons (Fsp3) is 0.607. The Labute approximate surface area is 215 Å². The first-order valence-electron chi connectivity index (χ1n) is 13.2. The zero-order chi connectivity index (χ0) is 25.7. The molecule has 194 valence electrons. The molecule has 36 heavy (non-hydrogen) atoms. The summed E-state index contributed by atoms with van der Waals surface area (Å²) in [5, 5.41) is 0. The molecule has 3 fully saturated rings. The molecule has 2 saturated carbocycles. The molecule has 3 aliphatic rings. The molecule has 2 aliphatic carbocycles. The Hall–Kier alpha value is -2.32. The van der Waals surface area contributed by atoms with E-state index in [1.165, 1.54) is 5.56 Å². The van der Waals surface area contributed by atoms with Gasteiger partial charge in [-0.2, -0.15) is 4.31 Å². The van der Waals surface area contributed by atoms with E-state index < -0.39 is 15.4 Å². The number of hydrogen-bond donors (Lipinski definition) is 0. The summed E-state index contributed by atoms with van der Waals surface area (Å²) in [6.07, 6.45) is 3.76. The molecule has 2 heterocycles. The van der Waals surface area contributed by atoms with Crippen LogP contribution in [0, 0.1) is 23.7 Å². The minimum atomic E-state index is -3.55. The summed E-state index contributed by atoms with van der Waals surface area (Å²) < 4.78 is 28.8. The highest BCUT2D eigenvalue weighted by Gasteiger charge is 2.65. The number of benzene rings is 1. The Morgan fingerprint density at radius 2 is 1.75 bits per heavy atom. The summed E-state index contributed by atoms with van der Waals surface area (Å²) in [5.74, 6) is 2.08. The average molecular weight is 511 g/mol. The minimum absolute atomic E-state index is 0.0474. The molecular formula is C28H38N4O3S. The number of fused-ring (bicyclic) bond motifs is 2. The Balaban J connectivity index is 1.35. The van der Waals surface area contributed by atoms with Gasteiger partial charge in [-0.05, 0) is 43.1 Å². The van der Waals surface area contributed by atoms with Gasteiger partial charge in [0.15, 0.2) is 0 Å². The van der Waals surface area contributed by atoms with Crippen molar-refractivity contribution in [3.05, 3.63) is 53.0 Å². The van der Waals surface area contributed by atoms with Crippen molar-refractivity contribution in [2.75, 3.05) is 36.8 Å². The van der Waals surface area contributed by atoms with Gasteiger partial charge in [-0.3, -0.25) is 4.79 Å². The first-order chi connectivity index (χ1) is 17.1. The number of aromatic nitrogens is 2. The van der Waals surface area contributed by atoms with E-state index >= 15 is 0 Å². The molecule has 1 aromatic carbocycles. The van der Waals surface area contributed by atoms with Crippen molar-refractivity contribution in [2.45, 2.75) is 59.8 Å². The van der Waals surface area contributed by atoms with Gasteiger partial charge in [0, 0.05) is 55.7 Å². The zero-order valence-electron chi connectivity index (χ0n) is 22.0. The molecule has 0 spiro atoms. The number of ketones is 1. The van der Waals surface area contributed by atoms with Crippen LogP contribution < -0.4 is 4.90 Å². The van der Waals surface area contributed by atoms with Crippen LogP contribution in [0.15, 0.2) is 30.3 Å². The van der Waals surface area contributed by atoms with Crippen molar-refractivity contribution < 1.29 is 13.2 Å². The lowest BCUT2D eigenvalue weighted by atomic mass is 9.70. The Bertz CT molecular complexity index is 1250. The van der Waals surface area contributed by atoms with Crippen molar-refractivity contribution >= 4 is 21.6 Å². The number of carbonyl (C=O) groups excluding carboxylic acids is 1. The van der Waals surface area contributed by atoms with Crippen molar-refractivity contribution in [1.82, 2.24) is 14.3 Å². The molecule has 1 aliphatic heterocycles. The van der Waals surface area contributed by atoms with E-state index in [2.05, 4.69) is 37.8 Å². The number of Topliss-reactive ketones (excluding diaryl/α,β-unsaturated/α-hetero) is 1. The van der Waals surface area contributed by atoms with Crippen molar-refractivity contribution in [2.24, 2.45) is 16.7 Å². The predicted molar refractivity (Wildman–Crippen MR) is 142 cm³/mol. The lowest BCUT2D eigenvalue weighted by Gasteiger charge is -2.40. The molecule has 1 aromatic heterocycles. The van der Waals surface area contributed by atoms with E-state index in [0.717, 1.165) is 42.2 Å². The van der Waals surface area contributed by atoms with Crippen LogP contribution in [0.1, 0.15) is 62.7 Å². The Morgan fingerprint density at radius 3 is 2.33 bits per heavy atom. The maximum absolute atomic E-state index is 13.6. The lowest BCUT2D eigenvalue weighted by molar-refractivity contribution is -0.128. The van der Waals surface area contributed by atoms with Gasteiger partial charge in [-0.25, -0.2) is 18.4 Å². The number of rotatable bonds is 7. The molecule has 2 unspecified atom stereocenters. The van der Waals surface area contributed by atoms with Gasteiger partial charge < -0.3 is 4.90 Å². The van der Waals surface area contributed by atoms with Gasteiger partial charge in [-0.15, -0.1) is 0 Å². The zero-order valence-corrected chi connectivity index (χ0v) is 22.8. The van der Waals surface area contributed by atoms with Gasteiger partial charge in [0.25, 0.3) is 0 Å². The molecule has 2 atom stereocenters. The number of piperazine rings is 1. The summed E-state index contributed by atoms with van der Waals surface area (Å²) in [6.45, 7) is 10.2. The SMILES string of the molecule is CCc1nc(C)nc(N2CCN(S(=O)(=O)CC34CCC(CC3=O)C4(C)C)CC2)c1Cc1ccccc1. The highest BCUT2D eigenvalue weighted by molar-refractivity contribution is 7.89. The van der Waals surface area contributed by atoms with E-state index in [4.69, 9.17) is 9.97 Å². The maximum Gasteiger partial charge on any atom is 0.215 e. The molecule has 5 rings (SSSR count). The Morgan fingerprint density at radius 1 is 1.06 bits per heavy atom. The van der Waals surface area contributed by atoms with Gasteiger partial charge in [-0.1, -0.05) is 51.1 Å². The van der Waals surface area contributed by atoms with Gasteiger partial charge in [0.1, 0.15) is 17.4 Å².